The van der Waals surface area contributed by atoms with E-state index in [1.165, 1.54) is 6.92 Å². The van der Waals surface area contributed by atoms with Crippen LogP contribution in [0.1, 0.15) is 6.92 Å². The van der Waals surface area contributed by atoms with E-state index in [1.54, 1.807) is 0 Å². The predicted octanol–water partition coefficient (Wildman–Crippen LogP) is -0.700. The zero-order valence-electron chi connectivity index (χ0n) is 7.08. The van der Waals surface area contributed by atoms with Gasteiger partial charge >= 0.3 is 0 Å². The van der Waals surface area contributed by atoms with Gasteiger partial charge in [-0.1, -0.05) is 0 Å². The minimum atomic E-state index is -0.102. The van der Waals surface area contributed by atoms with Gasteiger partial charge in [0.2, 0.25) is 0 Å². The van der Waals surface area contributed by atoms with Gasteiger partial charge in [-0.05, 0) is 7.05 Å². The molecule has 4 nitrogen and oxygen atoms in total. The highest BCUT2D eigenvalue weighted by molar-refractivity contribution is 5.71. The molecule has 63 valence electrons. The molecule has 1 aliphatic heterocycles. The number of nitrogens with zero attached hydrogens (tertiary/aromatic N) is 3. The number of hydrogen-bond donors (Lipinski definition) is 0. The minimum absolute atomic E-state index is 0.102. The quantitative estimate of drug-likeness (QED) is 0.504. The zero-order valence-corrected chi connectivity index (χ0v) is 7.08. The van der Waals surface area contributed by atoms with E-state index in [9.17, 15) is 4.79 Å². The Hall–Kier alpha value is -0.610. The lowest BCUT2D eigenvalue weighted by atomic mass is 10.4. The maximum Gasteiger partial charge on any atom is 0.254 e. The summed E-state index contributed by atoms with van der Waals surface area (Å²) in [5, 5.41) is 1.84. The Kier molecular flexibility index (Phi) is 2.84. The molecule has 1 radical (unpaired) electrons. The smallest absolute Gasteiger partial charge is 0.254 e. The van der Waals surface area contributed by atoms with Crippen molar-refractivity contribution in [3.05, 3.63) is 0 Å². The maximum atomic E-state index is 10.6. The van der Waals surface area contributed by atoms with E-state index in [-0.39, 0.29) is 5.91 Å². The number of carbonyl (C=O) groups excluding carboxylic acids is 1. The predicted molar refractivity (Wildman–Crippen MR) is 41.9 cm³/mol. The van der Waals surface area contributed by atoms with Gasteiger partial charge in [-0.15, -0.1) is 0 Å². The Morgan fingerprint density at radius 1 is 1.27 bits per heavy atom. The van der Waals surface area contributed by atoms with E-state index in [2.05, 4.69) is 17.4 Å². The van der Waals surface area contributed by atoms with Crippen LogP contribution in [0.25, 0.3) is 0 Å². The first kappa shape index (κ1) is 8.49. The summed E-state index contributed by atoms with van der Waals surface area (Å²) in [6, 6.07) is 0. The fraction of sp³-hybridized carbons (Fsp3) is 0.857. The largest absolute Gasteiger partial charge is 0.304 e. The summed E-state index contributed by atoms with van der Waals surface area (Å²) in [4.78, 5) is 12.8. The van der Waals surface area contributed by atoms with E-state index in [1.807, 2.05) is 5.01 Å². The summed E-state index contributed by atoms with van der Waals surface area (Å²) >= 11 is 0. The molecule has 4 heteroatoms. The van der Waals surface area contributed by atoms with Crippen LogP contribution in [0, 0.1) is 0 Å². The Morgan fingerprint density at radius 2 is 1.82 bits per heavy atom. The van der Waals surface area contributed by atoms with Gasteiger partial charge in [0.15, 0.2) is 0 Å². The van der Waals surface area contributed by atoms with Gasteiger partial charge in [0.05, 0.1) is 0 Å². The van der Waals surface area contributed by atoms with Crippen molar-refractivity contribution >= 4 is 5.91 Å². The number of likely N-dealkylation sites (N-methyl/N-ethyl adjacent to an activating group) is 1. The fourth-order valence-electron chi connectivity index (χ4n) is 1.10. The van der Waals surface area contributed by atoms with Crippen LogP contribution in [0.3, 0.4) is 0 Å². The van der Waals surface area contributed by atoms with E-state index < -0.39 is 0 Å². The molecule has 11 heavy (non-hydrogen) atoms. The van der Waals surface area contributed by atoms with E-state index >= 15 is 0 Å². The molecule has 0 aromatic rings. The average Bonchev–Trinajstić information content (AvgIpc) is 1.93. The molecular weight excluding hydrogens is 142 g/mol. The Morgan fingerprint density at radius 3 is 2.27 bits per heavy atom. The lowest BCUT2D eigenvalue weighted by Gasteiger charge is -2.30. The van der Waals surface area contributed by atoms with Gasteiger partial charge in [0.1, 0.15) is 0 Å². The molecule has 0 atom stereocenters. The third kappa shape index (κ3) is 2.86. The average molecular weight is 156 g/mol. The number of piperazine rings is 1. The van der Waals surface area contributed by atoms with Gasteiger partial charge in [0, 0.05) is 33.1 Å². The SMILES string of the molecule is CC(=O)[N]N1CCN(C)CC1. The molecule has 0 N–H and O–H groups in total. The summed E-state index contributed by atoms with van der Waals surface area (Å²) in [6.45, 7) is 5.22. The van der Waals surface area contributed by atoms with E-state index in [0.717, 1.165) is 26.2 Å². The fourth-order valence-corrected chi connectivity index (χ4v) is 1.10. The van der Waals surface area contributed by atoms with E-state index in [0.29, 0.717) is 0 Å². The van der Waals surface area contributed by atoms with Crippen LogP contribution in [0.4, 0.5) is 0 Å². The molecule has 1 amide bonds. The number of rotatable bonds is 1. The van der Waals surface area contributed by atoms with Gasteiger partial charge in [0.25, 0.3) is 5.91 Å². The first-order valence-electron chi connectivity index (χ1n) is 3.84. The summed E-state index contributed by atoms with van der Waals surface area (Å²) in [5.41, 5.74) is 3.84. The van der Waals surface area contributed by atoms with Crippen molar-refractivity contribution < 1.29 is 4.79 Å². The van der Waals surface area contributed by atoms with Crippen LogP contribution >= 0.6 is 0 Å². The third-order valence-corrected chi connectivity index (χ3v) is 1.76. The monoisotopic (exact) mass is 156 g/mol. The molecule has 1 saturated heterocycles. The number of amides is 1. The normalized spacial score (nSPS) is 21.6. The standard InChI is InChI=1S/C7H14N3O/c1-7(11)8-10-5-3-9(2)4-6-10/h3-6H2,1-2H3. The van der Waals surface area contributed by atoms with Crippen molar-refractivity contribution in [2.45, 2.75) is 6.92 Å². The summed E-state index contributed by atoms with van der Waals surface area (Å²) in [6.07, 6.45) is 0. The van der Waals surface area contributed by atoms with Crippen LogP contribution in [0.15, 0.2) is 0 Å². The molecular formula is C7H14N3O. The topological polar surface area (TPSA) is 37.7 Å². The van der Waals surface area contributed by atoms with Crippen molar-refractivity contribution in [3.63, 3.8) is 0 Å². The first-order valence-corrected chi connectivity index (χ1v) is 3.84. The highest BCUT2D eigenvalue weighted by Gasteiger charge is 2.15. The second-order valence-corrected chi connectivity index (χ2v) is 2.88. The van der Waals surface area contributed by atoms with Crippen molar-refractivity contribution in [3.8, 4) is 0 Å². The molecule has 0 saturated carbocycles. The Labute approximate surface area is 67.1 Å². The van der Waals surface area contributed by atoms with Crippen molar-refractivity contribution in [1.82, 2.24) is 15.3 Å². The summed E-state index contributed by atoms with van der Waals surface area (Å²) in [5.74, 6) is -0.102. The Balaban J connectivity index is 2.22. The lowest BCUT2D eigenvalue weighted by Crippen LogP contribution is -2.48. The first-order chi connectivity index (χ1) is 5.18. The van der Waals surface area contributed by atoms with Crippen molar-refractivity contribution in [2.75, 3.05) is 33.2 Å². The van der Waals surface area contributed by atoms with Crippen LogP contribution in [0.2, 0.25) is 0 Å². The second kappa shape index (κ2) is 3.69. The van der Waals surface area contributed by atoms with Crippen LogP contribution in [-0.4, -0.2) is 49.0 Å². The molecule has 0 spiro atoms. The molecule has 0 aliphatic carbocycles. The van der Waals surface area contributed by atoms with Crippen molar-refractivity contribution in [1.29, 1.82) is 0 Å². The molecule has 0 aromatic carbocycles. The third-order valence-electron chi connectivity index (χ3n) is 1.76. The zero-order chi connectivity index (χ0) is 8.27. The maximum absolute atomic E-state index is 10.6. The van der Waals surface area contributed by atoms with Crippen LogP contribution in [-0.2, 0) is 4.79 Å². The number of carbonyl (C=O) groups is 1. The van der Waals surface area contributed by atoms with Crippen LogP contribution in [0.5, 0.6) is 0 Å². The van der Waals surface area contributed by atoms with Gasteiger partial charge in [-0.3, -0.25) is 4.79 Å². The lowest BCUT2D eigenvalue weighted by molar-refractivity contribution is -0.125. The molecule has 0 unspecified atom stereocenters. The molecule has 1 heterocycles. The van der Waals surface area contributed by atoms with Gasteiger partial charge in [-0.25, -0.2) is 0 Å². The molecule has 1 rings (SSSR count). The molecule has 1 fully saturated rings. The highest BCUT2D eigenvalue weighted by atomic mass is 16.2. The summed E-state index contributed by atoms with van der Waals surface area (Å²) < 4.78 is 0. The van der Waals surface area contributed by atoms with E-state index in [4.69, 9.17) is 0 Å². The minimum Gasteiger partial charge on any atom is -0.304 e. The Bertz CT molecular complexity index is 141. The van der Waals surface area contributed by atoms with Crippen molar-refractivity contribution in [2.24, 2.45) is 0 Å². The highest BCUT2D eigenvalue weighted by Crippen LogP contribution is 1.95. The molecule has 0 aromatic heterocycles. The van der Waals surface area contributed by atoms with Gasteiger partial charge < -0.3 is 4.90 Å². The molecule has 0 bridgehead atoms. The second-order valence-electron chi connectivity index (χ2n) is 2.88. The summed E-state index contributed by atoms with van der Waals surface area (Å²) in [7, 11) is 2.07. The van der Waals surface area contributed by atoms with Gasteiger partial charge in [-0.2, -0.15) is 10.4 Å². The van der Waals surface area contributed by atoms with Crippen LogP contribution < -0.4 is 5.43 Å². The molecule has 1 aliphatic rings. The number of hydrogen-bond acceptors (Lipinski definition) is 3.